The second-order valence-electron chi connectivity index (χ2n) is 3.35. The third-order valence-electron chi connectivity index (χ3n) is 2.17. The van der Waals surface area contributed by atoms with Gasteiger partial charge in [0.1, 0.15) is 5.76 Å². The molecule has 0 saturated heterocycles. The van der Waals surface area contributed by atoms with Gasteiger partial charge in [0.05, 0.1) is 12.3 Å². The van der Waals surface area contributed by atoms with Gasteiger partial charge in [0, 0.05) is 13.1 Å². The van der Waals surface area contributed by atoms with Crippen molar-refractivity contribution in [2.75, 3.05) is 19.7 Å². The van der Waals surface area contributed by atoms with Crippen LogP contribution >= 0.6 is 0 Å². The fourth-order valence-corrected chi connectivity index (χ4v) is 1.42. The summed E-state index contributed by atoms with van der Waals surface area (Å²) in [5.74, 6) is 0.865. The van der Waals surface area contributed by atoms with E-state index in [9.17, 15) is 0 Å². The van der Waals surface area contributed by atoms with Crippen LogP contribution in [0.4, 0.5) is 0 Å². The minimum Gasteiger partial charge on any atom is -0.448 e. The predicted octanol–water partition coefficient (Wildman–Crippen LogP) is 1.19. The average Bonchev–Trinajstić information content (AvgIpc) is 2.53. The van der Waals surface area contributed by atoms with Gasteiger partial charge < -0.3 is 9.52 Å². The van der Waals surface area contributed by atoms with Crippen LogP contribution in [0.15, 0.2) is 10.8 Å². The number of nitrogens with zero attached hydrogens (tertiary/aromatic N) is 2. The second-order valence-corrected chi connectivity index (χ2v) is 3.35. The van der Waals surface area contributed by atoms with Crippen molar-refractivity contribution in [2.24, 2.45) is 0 Å². The summed E-state index contributed by atoms with van der Waals surface area (Å²) in [6.07, 6.45) is 2.55. The Morgan fingerprint density at radius 1 is 1.50 bits per heavy atom. The van der Waals surface area contributed by atoms with E-state index in [2.05, 4.69) is 16.8 Å². The van der Waals surface area contributed by atoms with Crippen LogP contribution in [0.25, 0.3) is 0 Å². The fraction of sp³-hybridized carbons (Fsp3) is 0.700. The average molecular weight is 198 g/mol. The molecule has 1 aromatic rings. The van der Waals surface area contributed by atoms with Gasteiger partial charge in [-0.25, -0.2) is 4.98 Å². The molecule has 0 bridgehead atoms. The molecule has 0 aliphatic carbocycles. The smallest absolute Gasteiger partial charge is 0.181 e. The second kappa shape index (κ2) is 5.78. The first-order valence-electron chi connectivity index (χ1n) is 5.00. The quantitative estimate of drug-likeness (QED) is 0.746. The lowest BCUT2D eigenvalue weighted by Gasteiger charge is -2.19. The van der Waals surface area contributed by atoms with Crippen LogP contribution < -0.4 is 0 Å². The molecule has 1 rings (SSSR count). The lowest BCUT2D eigenvalue weighted by molar-refractivity contribution is 0.188. The van der Waals surface area contributed by atoms with Crippen molar-refractivity contribution >= 4 is 0 Å². The zero-order valence-electron chi connectivity index (χ0n) is 8.86. The maximum absolute atomic E-state index is 8.88. The van der Waals surface area contributed by atoms with E-state index < -0.39 is 0 Å². The molecule has 4 heteroatoms. The highest BCUT2D eigenvalue weighted by Gasteiger charge is 2.09. The molecule has 1 N–H and O–H groups in total. The number of aromatic nitrogens is 1. The number of rotatable bonds is 6. The Hall–Kier alpha value is -0.870. The molecule has 80 valence electrons. The molecule has 0 atom stereocenters. The summed E-state index contributed by atoms with van der Waals surface area (Å²) in [6.45, 7) is 6.66. The van der Waals surface area contributed by atoms with Crippen molar-refractivity contribution < 1.29 is 9.52 Å². The highest BCUT2D eigenvalue weighted by atomic mass is 16.3. The van der Waals surface area contributed by atoms with E-state index in [0.29, 0.717) is 6.54 Å². The Balaban J connectivity index is 2.50. The van der Waals surface area contributed by atoms with Crippen molar-refractivity contribution in [3.8, 4) is 0 Å². The van der Waals surface area contributed by atoms with Gasteiger partial charge in [0.2, 0.25) is 0 Å². The largest absolute Gasteiger partial charge is 0.448 e. The normalized spacial score (nSPS) is 11.1. The van der Waals surface area contributed by atoms with Gasteiger partial charge >= 0.3 is 0 Å². The topological polar surface area (TPSA) is 49.5 Å². The minimum atomic E-state index is 0.191. The van der Waals surface area contributed by atoms with Gasteiger partial charge in [-0.3, -0.25) is 4.90 Å². The Morgan fingerprint density at radius 2 is 2.29 bits per heavy atom. The molecule has 1 aromatic heterocycles. The highest BCUT2D eigenvalue weighted by molar-refractivity contribution is 5.04. The molecule has 0 amide bonds. The summed E-state index contributed by atoms with van der Waals surface area (Å²) in [4.78, 5) is 6.30. The summed E-state index contributed by atoms with van der Waals surface area (Å²) in [6, 6.07) is 0. The molecule has 0 unspecified atom stereocenters. The Labute approximate surface area is 84.6 Å². The molecular weight excluding hydrogens is 180 g/mol. The standard InChI is InChI=1S/C10H18N2O2/c1-3-4-12(5-6-13)7-10-9(2)14-8-11-10/h8,13H,3-7H2,1-2H3. The predicted molar refractivity (Wildman–Crippen MR) is 53.9 cm³/mol. The van der Waals surface area contributed by atoms with Gasteiger partial charge in [-0.2, -0.15) is 0 Å². The van der Waals surface area contributed by atoms with E-state index in [1.165, 1.54) is 6.39 Å². The van der Waals surface area contributed by atoms with E-state index in [1.807, 2.05) is 6.92 Å². The molecule has 1 heterocycles. The number of aliphatic hydroxyl groups is 1. The lowest BCUT2D eigenvalue weighted by Crippen LogP contribution is -2.27. The first-order valence-corrected chi connectivity index (χ1v) is 5.00. The van der Waals surface area contributed by atoms with Crippen LogP contribution in [-0.4, -0.2) is 34.7 Å². The van der Waals surface area contributed by atoms with E-state index in [0.717, 1.165) is 31.0 Å². The number of hydrogen-bond donors (Lipinski definition) is 1. The van der Waals surface area contributed by atoms with Crippen LogP contribution in [0.5, 0.6) is 0 Å². The van der Waals surface area contributed by atoms with Crippen molar-refractivity contribution in [1.29, 1.82) is 0 Å². The van der Waals surface area contributed by atoms with Gasteiger partial charge in [-0.1, -0.05) is 6.92 Å². The summed E-state index contributed by atoms with van der Waals surface area (Å²) in [7, 11) is 0. The molecule has 14 heavy (non-hydrogen) atoms. The number of oxazole rings is 1. The molecule has 0 aliphatic heterocycles. The lowest BCUT2D eigenvalue weighted by atomic mass is 10.3. The van der Waals surface area contributed by atoms with E-state index in [1.54, 1.807) is 0 Å². The van der Waals surface area contributed by atoms with Crippen LogP contribution in [0.1, 0.15) is 24.8 Å². The fourth-order valence-electron chi connectivity index (χ4n) is 1.42. The molecule has 0 saturated carbocycles. The molecule has 0 spiro atoms. The Morgan fingerprint density at radius 3 is 2.79 bits per heavy atom. The van der Waals surface area contributed by atoms with Crippen LogP contribution in [0.3, 0.4) is 0 Å². The molecular formula is C10H18N2O2. The summed E-state index contributed by atoms with van der Waals surface area (Å²) in [5.41, 5.74) is 0.965. The Bertz CT molecular complexity index is 254. The van der Waals surface area contributed by atoms with Crippen molar-refractivity contribution in [3.63, 3.8) is 0 Å². The summed E-state index contributed by atoms with van der Waals surface area (Å²) in [5, 5.41) is 8.88. The van der Waals surface area contributed by atoms with Crippen LogP contribution in [0, 0.1) is 6.92 Å². The highest BCUT2D eigenvalue weighted by Crippen LogP contribution is 2.08. The van der Waals surface area contributed by atoms with Gasteiger partial charge in [-0.05, 0) is 19.9 Å². The molecule has 0 fully saturated rings. The summed E-state index contributed by atoms with van der Waals surface area (Å²) < 4.78 is 5.12. The van der Waals surface area contributed by atoms with Crippen molar-refractivity contribution in [2.45, 2.75) is 26.8 Å². The van der Waals surface area contributed by atoms with Crippen LogP contribution in [0.2, 0.25) is 0 Å². The Kier molecular flexibility index (Phi) is 4.62. The zero-order valence-corrected chi connectivity index (χ0v) is 8.86. The number of aliphatic hydroxyl groups excluding tert-OH is 1. The molecule has 0 aliphatic rings. The minimum absolute atomic E-state index is 0.191. The SMILES string of the molecule is CCCN(CCO)Cc1ncoc1C. The first-order chi connectivity index (χ1) is 6.77. The van der Waals surface area contributed by atoms with Crippen LogP contribution in [-0.2, 0) is 6.54 Å². The summed E-state index contributed by atoms with van der Waals surface area (Å²) >= 11 is 0. The number of aryl methyl sites for hydroxylation is 1. The van der Waals surface area contributed by atoms with Crippen molar-refractivity contribution in [1.82, 2.24) is 9.88 Å². The van der Waals surface area contributed by atoms with Gasteiger partial charge in [0.25, 0.3) is 0 Å². The third-order valence-corrected chi connectivity index (χ3v) is 2.17. The number of hydrogen-bond acceptors (Lipinski definition) is 4. The third kappa shape index (κ3) is 3.12. The molecule has 0 radical (unpaired) electrons. The zero-order chi connectivity index (χ0) is 10.4. The molecule has 4 nitrogen and oxygen atoms in total. The first kappa shape index (κ1) is 11.2. The van der Waals surface area contributed by atoms with E-state index in [-0.39, 0.29) is 6.61 Å². The van der Waals surface area contributed by atoms with Gasteiger partial charge in [0.15, 0.2) is 6.39 Å². The monoisotopic (exact) mass is 198 g/mol. The maximum atomic E-state index is 8.88. The van der Waals surface area contributed by atoms with Crippen molar-refractivity contribution in [3.05, 3.63) is 17.8 Å². The maximum Gasteiger partial charge on any atom is 0.181 e. The molecule has 0 aromatic carbocycles. The van der Waals surface area contributed by atoms with E-state index >= 15 is 0 Å². The van der Waals surface area contributed by atoms with E-state index in [4.69, 9.17) is 9.52 Å². The van der Waals surface area contributed by atoms with Gasteiger partial charge in [-0.15, -0.1) is 0 Å².